The molecular formula is C11H16O2. The third kappa shape index (κ3) is 1.71. The molecule has 1 fully saturated rings. The minimum Gasteiger partial charge on any atom is -0.303 e. The number of hydrogen-bond acceptors (Lipinski definition) is 2. The molecule has 2 nitrogen and oxygen atoms in total. The summed E-state index contributed by atoms with van der Waals surface area (Å²) >= 11 is 0. The van der Waals surface area contributed by atoms with Gasteiger partial charge in [0, 0.05) is 12.8 Å². The number of rotatable bonds is 4. The molecule has 2 heteroatoms. The van der Waals surface area contributed by atoms with Crippen molar-refractivity contribution in [2.45, 2.75) is 32.6 Å². The van der Waals surface area contributed by atoms with E-state index in [1.807, 2.05) is 6.92 Å². The van der Waals surface area contributed by atoms with Crippen molar-refractivity contribution in [2.75, 3.05) is 0 Å². The van der Waals surface area contributed by atoms with Crippen molar-refractivity contribution in [3.8, 4) is 0 Å². The van der Waals surface area contributed by atoms with Gasteiger partial charge in [0.2, 0.25) is 0 Å². The first-order chi connectivity index (χ1) is 6.15. The molecule has 0 spiro atoms. The Bertz CT molecular complexity index is 232. The first-order valence-electron chi connectivity index (χ1n) is 4.70. The van der Waals surface area contributed by atoms with E-state index in [1.165, 1.54) is 0 Å². The molecule has 0 heterocycles. The monoisotopic (exact) mass is 180 g/mol. The van der Waals surface area contributed by atoms with Crippen LogP contribution in [0.3, 0.4) is 0 Å². The minimum absolute atomic E-state index is 0.122. The normalized spacial score (nSPS) is 33.3. The second-order valence-corrected chi connectivity index (χ2v) is 4.03. The summed E-state index contributed by atoms with van der Waals surface area (Å²) in [6, 6.07) is 0. The molecule has 2 atom stereocenters. The van der Waals surface area contributed by atoms with Crippen LogP contribution in [0.5, 0.6) is 0 Å². The van der Waals surface area contributed by atoms with Crippen molar-refractivity contribution in [3.63, 3.8) is 0 Å². The number of carbonyl (C=O) groups excluding carboxylic acids is 2. The van der Waals surface area contributed by atoms with Crippen LogP contribution < -0.4 is 0 Å². The van der Waals surface area contributed by atoms with Crippen LogP contribution in [0.2, 0.25) is 0 Å². The van der Waals surface area contributed by atoms with Gasteiger partial charge in [-0.1, -0.05) is 19.1 Å². The van der Waals surface area contributed by atoms with E-state index in [0.717, 1.165) is 31.0 Å². The Labute approximate surface area is 79.0 Å². The quantitative estimate of drug-likeness (QED) is 0.490. The molecule has 0 aliphatic heterocycles. The summed E-state index contributed by atoms with van der Waals surface area (Å²) in [5, 5.41) is 0. The highest BCUT2D eigenvalue weighted by atomic mass is 16.1. The average Bonchev–Trinajstić information content (AvgIpc) is 2.34. The highest BCUT2D eigenvalue weighted by Gasteiger charge is 2.40. The van der Waals surface area contributed by atoms with Crippen molar-refractivity contribution >= 4 is 12.6 Å². The van der Waals surface area contributed by atoms with Crippen molar-refractivity contribution in [1.29, 1.82) is 0 Å². The van der Waals surface area contributed by atoms with Crippen LogP contribution in [0.4, 0.5) is 0 Å². The highest BCUT2D eigenvalue weighted by Crippen LogP contribution is 2.49. The first-order valence-corrected chi connectivity index (χ1v) is 4.70. The second kappa shape index (κ2) is 3.86. The molecule has 0 radical (unpaired) electrons. The minimum atomic E-state index is -0.122. The Morgan fingerprint density at radius 2 is 2.23 bits per heavy atom. The molecule has 0 aromatic rings. The van der Waals surface area contributed by atoms with E-state index in [0.29, 0.717) is 18.8 Å². The van der Waals surface area contributed by atoms with Gasteiger partial charge >= 0.3 is 0 Å². The lowest BCUT2D eigenvalue weighted by Crippen LogP contribution is -2.24. The molecule has 1 saturated carbocycles. The molecule has 0 bridgehead atoms. The summed E-state index contributed by atoms with van der Waals surface area (Å²) < 4.78 is 0. The molecule has 0 unspecified atom stereocenters. The van der Waals surface area contributed by atoms with Gasteiger partial charge in [0.25, 0.3) is 0 Å². The van der Waals surface area contributed by atoms with Gasteiger partial charge in [-0.15, -0.1) is 0 Å². The molecule has 1 aliphatic carbocycles. The molecule has 13 heavy (non-hydrogen) atoms. The summed E-state index contributed by atoms with van der Waals surface area (Å²) in [5.74, 6) is 0.322. The molecule has 0 N–H and O–H groups in total. The predicted molar refractivity (Wildman–Crippen MR) is 51.3 cm³/mol. The molecule has 72 valence electrons. The van der Waals surface area contributed by atoms with Crippen LogP contribution in [0.25, 0.3) is 0 Å². The second-order valence-electron chi connectivity index (χ2n) is 4.03. The van der Waals surface area contributed by atoms with Crippen molar-refractivity contribution in [3.05, 3.63) is 12.2 Å². The summed E-state index contributed by atoms with van der Waals surface area (Å²) in [6.45, 7) is 6.03. The Kier molecular flexibility index (Phi) is 3.02. The maximum absolute atomic E-state index is 10.5. The average molecular weight is 180 g/mol. The number of carbonyl (C=O) groups is 2. The summed E-state index contributed by atoms with van der Waals surface area (Å²) in [4.78, 5) is 21.0. The molecule has 1 aliphatic rings. The van der Waals surface area contributed by atoms with E-state index < -0.39 is 0 Å². The van der Waals surface area contributed by atoms with Gasteiger partial charge in [-0.3, -0.25) is 0 Å². The van der Waals surface area contributed by atoms with Crippen molar-refractivity contribution < 1.29 is 9.59 Å². The predicted octanol–water partition coefficient (Wildman–Crippen LogP) is 2.14. The Morgan fingerprint density at radius 1 is 1.54 bits per heavy atom. The van der Waals surface area contributed by atoms with Gasteiger partial charge in [0.1, 0.15) is 12.6 Å². The van der Waals surface area contributed by atoms with Crippen LogP contribution >= 0.6 is 0 Å². The Hall–Kier alpha value is -0.920. The smallest absolute Gasteiger partial charge is 0.120 e. The molecule has 1 rings (SSSR count). The molecule has 0 aromatic carbocycles. The summed E-state index contributed by atoms with van der Waals surface area (Å²) in [5.41, 5.74) is 1.01. The molecular weight excluding hydrogens is 164 g/mol. The van der Waals surface area contributed by atoms with Crippen LogP contribution in [0, 0.1) is 11.3 Å². The molecule has 0 saturated heterocycles. The van der Waals surface area contributed by atoms with Gasteiger partial charge in [-0.2, -0.15) is 0 Å². The van der Waals surface area contributed by atoms with Gasteiger partial charge in [0.15, 0.2) is 0 Å². The van der Waals surface area contributed by atoms with Crippen molar-refractivity contribution in [2.24, 2.45) is 11.3 Å². The van der Waals surface area contributed by atoms with E-state index in [-0.39, 0.29) is 5.41 Å². The van der Waals surface area contributed by atoms with Gasteiger partial charge in [0.05, 0.1) is 0 Å². The molecule has 0 aromatic heterocycles. The van der Waals surface area contributed by atoms with Gasteiger partial charge < -0.3 is 9.59 Å². The Balaban J connectivity index is 2.79. The number of allylic oxidation sites excluding steroid dienone is 1. The lowest BCUT2D eigenvalue weighted by molar-refractivity contribution is -0.112. The lowest BCUT2D eigenvalue weighted by Gasteiger charge is -2.29. The third-order valence-corrected chi connectivity index (χ3v) is 3.39. The highest BCUT2D eigenvalue weighted by molar-refractivity contribution is 5.55. The van der Waals surface area contributed by atoms with Gasteiger partial charge in [-0.25, -0.2) is 0 Å². The van der Waals surface area contributed by atoms with Crippen molar-refractivity contribution in [1.82, 2.24) is 0 Å². The molecule has 0 amide bonds. The zero-order valence-electron chi connectivity index (χ0n) is 8.08. The standard InChI is InChI=1S/C11H16O2/c1-9-3-4-10(5-7-12)11(9,2)6-8-13/h7-8,10H,1,3-6H2,2H3/t10-,11+/m1/s1. The Morgan fingerprint density at radius 3 is 2.77 bits per heavy atom. The van der Waals surface area contributed by atoms with Crippen LogP contribution in [-0.2, 0) is 9.59 Å². The fourth-order valence-electron chi connectivity index (χ4n) is 2.22. The fraction of sp³-hybridized carbons (Fsp3) is 0.636. The maximum Gasteiger partial charge on any atom is 0.120 e. The lowest BCUT2D eigenvalue weighted by atomic mass is 9.74. The number of hydrogen-bond donors (Lipinski definition) is 0. The fourth-order valence-corrected chi connectivity index (χ4v) is 2.22. The zero-order chi connectivity index (χ0) is 9.90. The van der Waals surface area contributed by atoms with E-state index in [2.05, 4.69) is 6.58 Å². The van der Waals surface area contributed by atoms with E-state index in [1.54, 1.807) is 0 Å². The third-order valence-electron chi connectivity index (χ3n) is 3.39. The SMILES string of the molecule is C=C1CC[C@H](CC=O)[C@@]1(C)CC=O. The first kappa shape index (κ1) is 10.2. The van der Waals surface area contributed by atoms with Gasteiger partial charge in [-0.05, 0) is 24.2 Å². The number of aldehydes is 2. The maximum atomic E-state index is 10.5. The largest absolute Gasteiger partial charge is 0.303 e. The van der Waals surface area contributed by atoms with E-state index in [4.69, 9.17) is 0 Å². The summed E-state index contributed by atoms with van der Waals surface area (Å²) in [7, 11) is 0. The van der Waals surface area contributed by atoms with Crippen LogP contribution in [0.1, 0.15) is 32.6 Å². The van der Waals surface area contributed by atoms with Crippen LogP contribution in [-0.4, -0.2) is 12.6 Å². The van der Waals surface area contributed by atoms with Crippen LogP contribution in [0.15, 0.2) is 12.2 Å². The summed E-state index contributed by atoms with van der Waals surface area (Å²) in [6.07, 6.45) is 4.92. The van der Waals surface area contributed by atoms with E-state index in [9.17, 15) is 9.59 Å². The topological polar surface area (TPSA) is 34.1 Å². The van der Waals surface area contributed by atoms with E-state index >= 15 is 0 Å². The zero-order valence-corrected chi connectivity index (χ0v) is 8.08.